The van der Waals surface area contributed by atoms with E-state index >= 15 is 0 Å². The molecule has 0 radical (unpaired) electrons. The molecule has 0 N–H and O–H groups in total. The van der Waals surface area contributed by atoms with E-state index in [-0.39, 0.29) is 31.4 Å². The Kier molecular flexibility index (Phi) is 5.49. The van der Waals surface area contributed by atoms with E-state index in [4.69, 9.17) is 9.31 Å². The molecule has 4 nitrogen and oxygen atoms in total. The molecule has 2 saturated heterocycles. The Labute approximate surface area is 166 Å². The number of rotatable bonds is 2. The van der Waals surface area contributed by atoms with Crippen LogP contribution in [0.15, 0.2) is 12.1 Å². The van der Waals surface area contributed by atoms with Crippen LogP contribution in [-0.2, 0) is 9.31 Å². The van der Waals surface area contributed by atoms with Crippen LogP contribution in [0.3, 0.4) is 0 Å². The van der Waals surface area contributed by atoms with E-state index in [0.29, 0.717) is 0 Å². The average Bonchev–Trinajstić information content (AvgIpc) is 2.82. The van der Waals surface area contributed by atoms with Gasteiger partial charge < -0.3 is 14.2 Å². The third kappa shape index (κ3) is 4.14. The standard InChI is InChI=1S/C19H23BF5NO3/c1-17(2)18(3,4)29-20(28-17)13-10-14(21)12(9-15(13)22)16(27)26-7-5-11(6-8-26)19(23,24)25/h9-11H,5-8H2,1-4H3. The minimum absolute atomic E-state index is 0.164. The first kappa shape index (κ1) is 22.0. The van der Waals surface area contributed by atoms with Gasteiger partial charge in [-0.05, 0) is 52.7 Å². The highest BCUT2D eigenvalue weighted by molar-refractivity contribution is 6.62. The van der Waals surface area contributed by atoms with Gasteiger partial charge >= 0.3 is 13.3 Å². The number of piperidine rings is 1. The van der Waals surface area contributed by atoms with Gasteiger partial charge in [0.15, 0.2) is 0 Å². The second-order valence-corrected chi connectivity index (χ2v) is 8.55. The van der Waals surface area contributed by atoms with Gasteiger partial charge in [-0.1, -0.05) is 0 Å². The van der Waals surface area contributed by atoms with E-state index in [1.54, 1.807) is 27.7 Å². The molecular weight excluding hydrogens is 396 g/mol. The summed E-state index contributed by atoms with van der Waals surface area (Å²) < 4.78 is 79.1. The lowest BCUT2D eigenvalue weighted by Gasteiger charge is -2.33. The maximum Gasteiger partial charge on any atom is 0.497 e. The molecule has 1 aromatic carbocycles. The van der Waals surface area contributed by atoms with Gasteiger partial charge in [0.05, 0.1) is 22.7 Å². The van der Waals surface area contributed by atoms with Gasteiger partial charge in [-0.2, -0.15) is 13.2 Å². The molecule has 2 fully saturated rings. The third-order valence-corrected chi connectivity index (χ3v) is 6.07. The highest BCUT2D eigenvalue weighted by atomic mass is 19.4. The number of carbonyl (C=O) groups excluding carboxylic acids is 1. The van der Waals surface area contributed by atoms with Crippen LogP contribution in [0.5, 0.6) is 0 Å². The Morgan fingerprint density at radius 2 is 1.55 bits per heavy atom. The Hall–Kier alpha value is -1.68. The summed E-state index contributed by atoms with van der Waals surface area (Å²) in [5.41, 5.74) is -2.20. The van der Waals surface area contributed by atoms with Gasteiger partial charge in [0.1, 0.15) is 11.6 Å². The van der Waals surface area contributed by atoms with Crippen molar-refractivity contribution in [3.63, 3.8) is 0 Å². The quantitative estimate of drug-likeness (QED) is 0.543. The maximum absolute atomic E-state index is 14.7. The average molecular weight is 419 g/mol. The summed E-state index contributed by atoms with van der Waals surface area (Å²) in [7, 11) is -1.14. The fraction of sp³-hybridized carbons (Fsp3) is 0.632. The molecule has 0 aromatic heterocycles. The summed E-state index contributed by atoms with van der Waals surface area (Å²) in [5.74, 6) is -4.17. The van der Waals surface area contributed by atoms with Crippen molar-refractivity contribution in [2.45, 2.75) is 57.9 Å². The first-order valence-corrected chi connectivity index (χ1v) is 9.43. The van der Waals surface area contributed by atoms with Crippen molar-refractivity contribution in [2.24, 2.45) is 5.92 Å². The summed E-state index contributed by atoms with van der Waals surface area (Å²) in [6, 6.07) is 1.61. The van der Waals surface area contributed by atoms with Crippen molar-refractivity contribution in [3.05, 3.63) is 29.3 Å². The van der Waals surface area contributed by atoms with Crippen LogP contribution in [0.1, 0.15) is 50.9 Å². The van der Waals surface area contributed by atoms with E-state index in [1.807, 2.05) is 0 Å². The number of carbonyl (C=O) groups is 1. The van der Waals surface area contributed by atoms with E-state index < -0.39 is 53.5 Å². The molecule has 1 aromatic rings. The van der Waals surface area contributed by atoms with Crippen molar-refractivity contribution in [3.8, 4) is 0 Å². The van der Waals surface area contributed by atoms with Gasteiger partial charge in [-0.25, -0.2) is 8.78 Å². The van der Waals surface area contributed by atoms with E-state index in [0.717, 1.165) is 17.0 Å². The second-order valence-electron chi connectivity index (χ2n) is 8.55. The number of likely N-dealkylation sites (tertiary alicyclic amines) is 1. The molecule has 2 heterocycles. The van der Waals surface area contributed by atoms with Crippen LogP contribution in [-0.4, -0.2) is 48.4 Å². The molecule has 0 bridgehead atoms. The molecule has 0 atom stereocenters. The van der Waals surface area contributed by atoms with Crippen LogP contribution in [0.4, 0.5) is 22.0 Å². The number of hydrogen-bond donors (Lipinski definition) is 0. The molecule has 10 heteroatoms. The van der Waals surface area contributed by atoms with Crippen LogP contribution < -0.4 is 5.46 Å². The van der Waals surface area contributed by atoms with E-state index in [2.05, 4.69) is 0 Å². The predicted molar refractivity (Wildman–Crippen MR) is 96.8 cm³/mol. The van der Waals surface area contributed by atoms with Crippen LogP contribution in [0.25, 0.3) is 0 Å². The van der Waals surface area contributed by atoms with Gasteiger partial charge in [0.25, 0.3) is 5.91 Å². The number of amides is 1. The molecule has 0 saturated carbocycles. The number of hydrogen-bond acceptors (Lipinski definition) is 3. The fourth-order valence-electron chi connectivity index (χ4n) is 3.46. The molecule has 160 valence electrons. The maximum atomic E-state index is 14.7. The fourth-order valence-corrected chi connectivity index (χ4v) is 3.46. The zero-order valence-corrected chi connectivity index (χ0v) is 16.7. The first-order valence-electron chi connectivity index (χ1n) is 9.43. The second kappa shape index (κ2) is 7.23. The molecule has 0 aliphatic carbocycles. The lowest BCUT2D eigenvalue weighted by atomic mass is 9.78. The van der Waals surface area contributed by atoms with Crippen LogP contribution in [0.2, 0.25) is 0 Å². The Morgan fingerprint density at radius 3 is 2.03 bits per heavy atom. The highest BCUT2D eigenvalue weighted by Gasteiger charge is 2.52. The number of nitrogens with zero attached hydrogens (tertiary/aromatic N) is 1. The van der Waals surface area contributed by atoms with Crippen molar-refractivity contribution >= 4 is 18.5 Å². The lowest BCUT2D eigenvalue weighted by Crippen LogP contribution is -2.43. The zero-order valence-electron chi connectivity index (χ0n) is 16.7. The minimum atomic E-state index is -4.32. The largest absolute Gasteiger partial charge is 0.497 e. The predicted octanol–water partition coefficient (Wildman–Crippen LogP) is 3.68. The van der Waals surface area contributed by atoms with Gasteiger partial charge in [0, 0.05) is 18.6 Å². The van der Waals surface area contributed by atoms with Gasteiger partial charge in [-0.15, -0.1) is 0 Å². The molecule has 2 aliphatic heterocycles. The zero-order chi connectivity index (χ0) is 21.8. The summed E-state index contributed by atoms with van der Waals surface area (Å²) in [6.45, 7) is 6.74. The summed E-state index contributed by atoms with van der Waals surface area (Å²) >= 11 is 0. The lowest BCUT2D eigenvalue weighted by molar-refractivity contribution is -0.183. The Bertz CT molecular complexity index is 788. The molecular formula is C19H23BF5NO3. The van der Waals surface area contributed by atoms with Crippen LogP contribution >= 0.6 is 0 Å². The molecule has 0 spiro atoms. The first-order chi connectivity index (χ1) is 13.2. The third-order valence-electron chi connectivity index (χ3n) is 6.07. The Balaban J connectivity index is 1.78. The van der Waals surface area contributed by atoms with Crippen LogP contribution in [0, 0.1) is 17.6 Å². The molecule has 29 heavy (non-hydrogen) atoms. The van der Waals surface area contributed by atoms with Crippen molar-refractivity contribution < 1.29 is 36.1 Å². The van der Waals surface area contributed by atoms with Gasteiger partial charge in [-0.3, -0.25) is 4.79 Å². The van der Waals surface area contributed by atoms with Crippen molar-refractivity contribution in [2.75, 3.05) is 13.1 Å². The minimum Gasteiger partial charge on any atom is -0.399 e. The molecule has 1 amide bonds. The highest BCUT2D eigenvalue weighted by Crippen LogP contribution is 2.37. The van der Waals surface area contributed by atoms with Crippen molar-refractivity contribution in [1.29, 1.82) is 0 Å². The van der Waals surface area contributed by atoms with Gasteiger partial charge in [0.2, 0.25) is 0 Å². The summed E-state index contributed by atoms with van der Waals surface area (Å²) in [6.07, 6.45) is -4.84. The Morgan fingerprint density at radius 1 is 1.03 bits per heavy atom. The smallest absolute Gasteiger partial charge is 0.399 e. The monoisotopic (exact) mass is 419 g/mol. The summed E-state index contributed by atoms with van der Waals surface area (Å²) in [4.78, 5) is 13.7. The number of alkyl halides is 3. The van der Waals surface area contributed by atoms with Crippen molar-refractivity contribution in [1.82, 2.24) is 4.90 Å². The topological polar surface area (TPSA) is 38.8 Å². The normalized spacial score (nSPS) is 22.2. The molecule has 2 aliphatic rings. The van der Waals surface area contributed by atoms with E-state index in [1.165, 1.54) is 0 Å². The SMILES string of the molecule is CC1(C)OB(c2cc(F)c(C(=O)N3CCC(C(F)(F)F)CC3)cc2F)OC1(C)C. The molecule has 0 unspecified atom stereocenters. The summed E-state index contributed by atoms with van der Waals surface area (Å²) in [5, 5.41) is 0. The molecule has 3 rings (SSSR count). The number of benzene rings is 1. The van der Waals surface area contributed by atoms with E-state index in [9.17, 15) is 26.7 Å². The number of halogens is 5.